The van der Waals surface area contributed by atoms with Crippen molar-refractivity contribution in [1.29, 1.82) is 0 Å². The summed E-state index contributed by atoms with van der Waals surface area (Å²) in [6.07, 6.45) is -4.52. The van der Waals surface area contributed by atoms with E-state index in [-0.39, 0.29) is 19.2 Å². The van der Waals surface area contributed by atoms with Crippen LogP contribution in [-0.2, 0) is 4.74 Å². The molecule has 14 heavy (non-hydrogen) atoms. The van der Waals surface area contributed by atoms with E-state index in [0.29, 0.717) is 12.5 Å². The molecule has 1 heterocycles. The van der Waals surface area contributed by atoms with E-state index in [0.717, 1.165) is 6.54 Å². The van der Waals surface area contributed by atoms with Crippen molar-refractivity contribution in [2.45, 2.75) is 19.3 Å². The van der Waals surface area contributed by atoms with Gasteiger partial charge in [-0.15, -0.1) is 13.2 Å². The summed E-state index contributed by atoms with van der Waals surface area (Å²) in [5.74, 6) is 0.348. The van der Waals surface area contributed by atoms with E-state index in [1.54, 1.807) is 0 Å². The minimum absolute atomic E-state index is 0.0703. The van der Waals surface area contributed by atoms with Crippen LogP contribution in [0.3, 0.4) is 0 Å². The molecule has 2 atom stereocenters. The Bertz CT molecular complexity index is 176. The number of nitrogens with zero attached hydrogens (tertiary/aromatic N) is 1. The second kappa shape index (κ2) is 4.46. The first-order valence-corrected chi connectivity index (χ1v) is 4.57. The molecule has 0 aliphatic carbocycles. The lowest BCUT2D eigenvalue weighted by molar-refractivity contribution is -0.324. The molecule has 1 fully saturated rings. The SMILES string of the molecule is CC1CN(CCOC(F)(F)F)CC1N. The Morgan fingerprint density at radius 2 is 2.07 bits per heavy atom. The lowest BCUT2D eigenvalue weighted by atomic mass is 10.1. The minimum Gasteiger partial charge on any atom is -0.326 e. The quantitative estimate of drug-likeness (QED) is 0.752. The third-order valence-electron chi connectivity index (χ3n) is 2.42. The molecule has 0 amide bonds. The maximum absolute atomic E-state index is 11.6. The summed E-state index contributed by atoms with van der Waals surface area (Å²) in [7, 11) is 0. The normalized spacial score (nSPS) is 29.8. The molecule has 1 aliphatic heterocycles. The Kier molecular flexibility index (Phi) is 3.74. The highest BCUT2D eigenvalue weighted by molar-refractivity contribution is 4.83. The predicted octanol–water partition coefficient (Wildman–Crippen LogP) is 0.802. The number of ether oxygens (including phenoxy) is 1. The van der Waals surface area contributed by atoms with Crippen molar-refractivity contribution >= 4 is 0 Å². The van der Waals surface area contributed by atoms with Gasteiger partial charge in [0.05, 0.1) is 6.61 Å². The number of rotatable bonds is 3. The molecule has 2 unspecified atom stereocenters. The van der Waals surface area contributed by atoms with E-state index in [1.165, 1.54) is 0 Å². The van der Waals surface area contributed by atoms with Crippen molar-refractivity contribution in [2.75, 3.05) is 26.2 Å². The van der Waals surface area contributed by atoms with Gasteiger partial charge < -0.3 is 5.73 Å². The van der Waals surface area contributed by atoms with Gasteiger partial charge in [-0.05, 0) is 5.92 Å². The van der Waals surface area contributed by atoms with Gasteiger partial charge in [0.15, 0.2) is 0 Å². The smallest absolute Gasteiger partial charge is 0.326 e. The van der Waals surface area contributed by atoms with E-state index < -0.39 is 6.36 Å². The van der Waals surface area contributed by atoms with Gasteiger partial charge in [0.1, 0.15) is 0 Å². The number of hydrogen-bond donors (Lipinski definition) is 1. The summed E-state index contributed by atoms with van der Waals surface area (Å²) in [5.41, 5.74) is 5.72. The molecule has 0 aromatic heterocycles. The second-order valence-corrected chi connectivity index (χ2v) is 3.69. The van der Waals surface area contributed by atoms with Crippen molar-refractivity contribution in [1.82, 2.24) is 4.90 Å². The molecule has 84 valence electrons. The van der Waals surface area contributed by atoms with Crippen LogP contribution in [0.15, 0.2) is 0 Å². The molecule has 3 nitrogen and oxygen atoms in total. The van der Waals surface area contributed by atoms with E-state index in [4.69, 9.17) is 5.73 Å². The molecule has 1 saturated heterocycles. The molecular weight excluding hydrogens is 197 g/mol. The van der Waals surface area contributed by atoms with Gasteiger partial charge in [-0.1, -0.05) is 6.92 Å². The van der Waals surface area contributed by atoms with Gasteiger partial charge in [0.25, 0.3) is 0 Å². The van der Waals surface area contributed by atoms with Gasteiger partial charge >= 0.3 is 6.36 Å². The predicted molar refractivity (Wildman–Crippen MR) is 45.6 cm³/mol. The molecule has 0 bridgehead atoms. The molecule has 1 aliphatic rings. The van der Waals surface area contributed by atoms with Crippen molar-refractivity contribution in [2.24, 2.45) is 11.7 Å². The van der Waals surface area contributed by atoms with E-state index in [2.05, 4.69) is 4.74 Å². The zero-order valence-corrected chi connectivity index (χ0v) is 8.05. The first kappa shape index (κ1) is 11.7. The Labute approximate surface area is 81.0 Å². The Morgan fingerprint density at radius 3 is 2.50 bits per heavy atom. The number of alkyl halides is 3. The second-order valence-electron chi connectivity index (χ2n) is 3.69. The average Bonchev–Trinajstić information content (AvgIpc) is 2.28. The van der Waals surface area contributed by atoms with Crippen LogP contribution in [0.1, 0.15) is 6.92 Å². The molecule has 0 saturated carbocycles. The monoisotopic (exact) mass is 212 g/mol. The van der Waals surface area contributed by atoms with Gasteiger partial charge in [-0.3, -0.25) is 9.64 Å². The molecule has 2 N–H and O–H groups in total. The van der Waals surface area contributed by atoms with Crippen LogP contribution in [0.5, 0.6) is 0 Å². The Balaban J connectivity index is 2.15. The average molecular weight is 212 g/mol. The lowest BCUT2D eigenvalue weighted by Gasteiger charge is -2.15. The molecule has 0 spiro atoms. The summed E-state index contributed by atoms with van der Waals surface area (Å²) in [6, 6.07) is 0.0703. The Morgan fingerprint density at radius 1 is 1.43 bits per heavy atom. The van der Waals surface area contributed by atoms with Crippen LogP contribution in [0.2, 0.25) is 0 Å². The summed E-state index contributed by atoms with van der Waals surface area (Å²) >= 11 is 0. The maximum Gasteiger partial charge on any atom is 0.522 e. The maximum atomic E-state index is 11.6. The van der Waals surface area contributed by atoms with Crippen LogP contribution in [0, 0.1) is 5.92 Å². The molecule has 0 radical (unpaired) electrons. The summed E-state index contributed by atoms with van der Waals surface area (Å²) in [5, 5.41) is 0. The van der Waals surface area contributed by atoms with Crippen LogP contribution in [0.4, 0.5) is 13.2 Å². The van der Waals surface area contributed by atoms with Crippen LogP contribution < -0.4 is 5.73 Å². The number of nitrogens with two attached hydrogens (primary N) is 1. The zero-order valence-electron chi connectivity index (χ0n) is 8.05. The van der Waals surface area contributed by atoms with Crippen LogP contribution in [0.25, 0.3) is 0 Å². The molecule has 0 aromatic rings. The van der Waals surface area contributed by atoms with Gasteiger partial charge in [0.2, 0.25) is 0 Å². The van der Waals surface area contributed by atoms with Gasteiger partial charge in [-0.2, -0.15) is 0 Å². The highest BCUT2D eigenvalue weighted by atomic mass is 19.4. The molecule has 6 heteroatoms. The fourth-order valence-corrected chi connectivity index (χ4v) is 1.57. The van der Waals surface area contributed by atoms with Crippen molar-refractivity contribution < 1.29 is 17.9 Å². The summed E-state index contributed by atoms with van der Waals surface area (Å²) in [4.78, 5) is 1.89. The van der Waals surface area contributed by atoms with Crippen molar-refractivity contribution in [3.8, 4) is 0 Å². The summed E-state index contributed by atoms with van der Waals surface area (Å²) < 4.78 is 38.5. The Hall–Kier alpha value is -0.330. The van der Waals surface area contributed by atoms with E-state index in [9.17, 15) is 13.2 Å². The molecule has 0 aromatic carbocycles. The number of hydrogen-bond acceptors (Lipinski definition) is 3. The fourth-order valence-electron chi connectivity index (χ4n) is 1.57. The van der Waals surface area contributed by atoms with Gasteiger partial charge in [-0.25, -0.2) is 0 Å². The molecular formula is C8H15F3N2O. The summed E-state index contributed by atoms with van der Waals surface area (Å²) in [6.45, 7) is 3.38. The third kappa shape index (κ3) is 3.81. The number of likely N-dealkylation sites (tertiary alicyclic amines) is 1. The molecule has 1 rings (SSSR count). The highest BCUT2D eigenvalue weighted by Crippen LogP contribution is 2.17. The first-order chi connectivity index (χ1) is 6.38. The van der Waals surface area contributed by atoms with Crippen molar-refractivity contribution in [3.63, 3.8) is 0 Å². The van der Waals surface area contributed by atoms with Crippen LogP contribution >= 0.6 is 0 Å². The third-order valence-corrected chi connectivity index (χ3v) is 2.42. The van der Waals surface area contributed by atoms with Crippen molar-refractivity contribution in [3.05, 3.63) is 0 Å². The largest absolute Gasteiger partial charge is 0.522 e. The number of halogens is 3. The minimum atomic E-state index is -4.52. The van der Waals surface area contributed by atoms with Crippen LogP contribution in [-0.4, -0.2) is 43.5 Å². The fraction of sp³-hybridized carbons (Fsp3) is 1.00. The first-order valence-electron chi connectivity index (χ1n) is 4.57. The zero-order chi connectivity index (χ0) is 10.8. The van der Waals surface area contributed by atoms with E-state index in [1.807, 2.05) is 11.8 Å². The standard InChI is InChI=1S/C8H15F3N2O/c1-6-4-13(5-7(6)12)2-3-14-8(9,10)11/h6-7H,2-5,12H2,1H3. The van der Waals surface area contributed by atoms with E-state index >= 15 is 0 Å². The topological polar surface area (TPSA) is 38.5 Å². The lowest BCUT2D eigenvalue weighted by Crippen LogP contribution is -2.31. The highest BCUT2D eigenvalue weighted by Gasteiger charge is 2.30. The van der Waals surface area contributed by atoms with Gasteiger partial charge in [0, 0.05) is 25.7 Å².